The molecule has 76 valence electrons. The topological polar surface area (TPSA) is 3.24 Å². The molecule has 1 nitrogen and oxygen atoms in total. The molecule has 0 spiro atoms. The smallest absolute Gasteiger partial charge is 0.000988 e. The van der Waals surface area contributed by atoms with Crippen molar-refractivity contribution in [2.75, 3.05) is 19.6 Å². The Bertz CT molecular complexity index is 143. The number of piperidine rings is 1. The lowest BCUT2D eigenvalue weighted by atomic mass is 9.78. The van der Waals surface area contributed by atoms with Crippen molar-refractivity contribution in [1.29, 1.82) is 0 Å². The zero-order valence-electron chi connectivity index (χ0n) is 8.97. The van der Waals surface area contributed by atoms with Crippen molar-refractivity contribution in [3.63, 3.8) is 0 Å². The van der Waals surface area contributed by atoms with Crippen molar-refractivity contribution in [2.24, 2.45) is 11.8 Å². The summed E-state index contributed by atoms with van der Waals surface area (Å²) in [6, 6.07) is 0. The SMILES string of the molecule is CCCCN1CC2CCCC(C2)C1. The lowest BCUT2D eigenvalue weighted by Gasteiger charge is -2.41. The Balaban J connectivity index is 1.80. The summed E-state index contributed by atoms with van der Waals surface area (Å²) in [4.78, 5) is 2.72. The molecule has 0 aromatic carbocycles. The van der Waals surface area contributed by atoms with Gasteiger partial charge in [-0.05, 0) is 44.1 Å². The summed E-state index contributed by atoms with van der Waals surface area (Å²) in [7, 11) is 0. The van der Waals surface area contributed by atoms with Gasteiger partial charge in [-0.15, -0.1) is 0 Å². The predicted molar refractivity (Wildman–Crippen MR) is 56.8 cm³/mol. The molecule has 13 heavy (non-hydrogen) atoms. The Morgan fingerprint density at radius 2 is 1.85 bits per heavy atom. The molecule has 2 fully saturated rings. The second-order valence-corrected chi connectivity index (χ2v) is 5.01. The van der Waals surface area contributed by atoms with Crippen LogP contribution in [0.1, 0.15) is 45.4 Å². The van der Waals surface area contributed by atoms with Crippen LogP contribution < -0.4 is 0 Å². The monoisotopic (exact) mass is 181 g/mol. The molecule has 2 bridgehead atoms. The lowest BCUT2D eigenvalue weighted by molar-refractivity contribution is 0.0852. The molecule has 1 aliphatic carbocycles. The number of unbranched alkanes of at least 4 members (excludes halogenated alkanes) is 1. The van der Waals surface area contributed by atoms with Crippen molar-refractivity contribution in [1.82, 2.24) is 4.90 Å². The maximum Gasteiger partial charge on any atom is 0.000988 e. The van der Waals surface area contributed by atoms with E-state index in [-0.39, 0.29) is 0 Å². The second-order valence-electron chi connectivity index (χ2n) is 5.01. The molecule has 2 unspecified atom stereocenters. The minimum Gasteiger partial charge on any atom is -0.303 e. The van der Waals surface area contributed by atoms with E-state index < -0.39 is 0 Å². The average molecular weight is 181 g/mol. The molecule has 2 aliphatic rings. The number of fused-ring (bicyclic) bond motifs is 2. The standard InChI is InChI=1S/C12H23N/c1-2-3-7-13-9-11-5-4-6-12(8-11)10-13/h11-12H,2-10H2,1H3. The van der Waals surface area contributed by atoms with Gasteiger partial charge in [0.2, 0.25) is 0 Å². The molecule has 1 aliphatic heterocycles. The molecule has 0 aromatic rings. The van der Waals surface area contributed by atoms with Gasteiger partial charge in [-0.1, -0.05) is 19.8 Å². The summed E-state index contributed by atoms with van der Waals surface area (Å²) in [6.07, 6.45) is 8.84. The molecule has 0 radical (unpaired) electrons. The van der Waals surface area contributed by atoms with Gasteiger partial charge in [0.25, 0.3) is 0 Å². The highest BCUT2D eigenvalue weighted by Crippen LogP contribution is 2.34. The van der Waals surface area contributed by atoms with E-state index in [1.54, 1.807) is 6.42 Å². The summed E-state index contributed by atoms with van der Waals surface area (Å²) < 4.78 is 0. The molecule has 0 N–H and O–H groups in total. The van der Waals surface area contributed by atoms with Gasteiger partial charge in [0.05, 0.1) is 0 Å². The molecule has 0 aromatic heterocycles. The van der Waals surface area contributed by atoms with E-state index in [0.717, 1.165) is 11.8 Å². The van der Waals surface area contributed by atoms with E-state index in [0.29, 0.717) is 0 Å². The Morgan fingerprint density at radius 1 is 1.15 bits per heavy atom. The summed E-state index contributed by atoms with van der Waals surface area (Å²) >= 11 is 0. The van der Waals surface area contributed by atoms with Crippen LogP contribution in [-0.4, -0.2) is 24.5 Å². The third-order valence-electron chi connectivity index (χ3n) is 3.75. The Kier molecular flexibility index (Phi) is 3.26. The van der Waals surface area contributed by atoms with Crippen molar-refractivity contribution in [3.8, 4) is 0 Å². The maximum absolute atomic E-state index is 2.72. The van der Waals surface area contributed by atoms with Crippen molar-refractivity contribution in [3.05, 3.63) is 0 Å². The number of hydrogen-bond donors (Lipinski definition) is 0. The number of likely N-dealkylation sites (tertiary alicyclic amines) is 1. The fourth-order valence-corrected chi connectivity index (χ4v) is 3.10. The van der Waals surface area contributed by atoms with Gasteiger partial charge < -0.3 is 4.90 Å². The fraction of sp³-hybridized carbons (Fsp3) is 1.00. The van der Waals surface area contributed by atoms with Crippen LogP contribution in [0.15, 0.2) is 0 Å². The molecule has 1 heteroatoms. The van der Waals surface area contributed by atoms with Gasteiger partial charge >= 0.3 is 0 Å². The van der Waals surface area contributed by atoms with Gasteiger partial charge in [0.15, 0.2) is 0 Å². The average Bonchev–Trinajstić information content (AvgIpc) is 2.14. The molecule has 1 heterocycles. The maximum atomic E-state index is 2.72. The quantitative estimate of drug-likeness (QED) is 0.647. The molecular formula is C12H23N. The summed E-state index contributed by atoms with van der Waals surface area (Å²) in [6.45, 7) is 6.49. The van der Waals surface area contributed by atoms with Crippen LogP contribution in [0.25, 0.3) is 0 Å². The molecule has 1 saturated heterocycles. The van der Waals surface area contributed by atoms with E-state index in [1.165, 1.54) is 51.7 Å². The highest BCUT2D eigenvalue weighted by molar-refractivity contribution is 4.83. The number of hydrogen-bond acceptors (Lipinski definition) is 1. The molecule has 2 rings (SSSR count). The minimum absolute atomic E-state index is 1.06. The van der Waals surface area contributed by atoms with Crippen LogP contribution in [0, 0.1) is 11.8 Å². The summed E-state index contributed by atoms with van der Waals surface area (Å²) in [5, 5.41) is 0. The van der Waals surface area contributed by atoms with Crippen LogP contribution in [0.4, 0.5) is 0 Å². The molecule has 0 amide bonds. The highest BCUT2D eigenvalue weighted by atomic mass is 15.1. The number of nitrogens with zero attached hydrogens (tertiary/aromatic N) is 1. The van der Waals surface area contributed by atoms with Gasteiger partial charge in [-0.25, -0.2) is 0 Å². The largest absolute Gasteiger partial charge is 0.303 e. The van der Waals surface area contributed by atoms with Gasteiger partial charge in [-0.2, -0.15) is 0 Å². The van der Waals surface area contributed by atoms with Crippen LogP contribution in [0.2, 0.25) is 0 Å². The Hall–Kier alpha value is -0.0400. The van der Waals surface area contributed by atoms with Crippen LogP contribution in [-0.2, 0) is 0 Å². The summed E-state index contributed by atoms with van der Waals surface area (Å²) in [5.41, 5.74) is 0. The van der Waals surface area contributed by atoms with E-state index in [4.69, 9.17) is 0 Å². The van der Waals surface area contributed by atoms with Crippen LogP contribution >= 0.6 is 0 Å². The highest BCUT2D eigenvalue weighted by Gasteiger charge is 2.29. The van der Waals surface area contributed by atoms with Gasteiger partial charge in [-0.3, -0.25) is 0 Å². The third kappa shape index (κ3) is 2.46. The van der Waals surface area contributed by atoms with Crippen molar-refractivity contribution in [2.45, 2.75) is 45.4 Å². The first-order chi connectivity index (χ1) is 6.38. The normalized spacial score (nSPS) is 34.8. The zero-order valence-corrected chi connectivity index (χ0v) is 8.97. The van der Waals surface area contributed by atoms with Crippen molar-refractivity contribution >= 4 is 0 Å². The van der Waals surface area contributed by atoms with E-state index in [2.05, 4.69) is 11.8 Å². The Morgan fingerprint density at radius 3 is 2.46 bits per heavy atom. The zero-order chi connectivity index (χ0) is 9.10. The first-order valence-corrected chi connectivity index (χ1v) is 6.11. The second kappa shape index (κ2) is 4.45. The van der Waals surface area contributed by atoms with Gasteiger partial charge in [0, 0.05) is 13.1 Å². The van der Waals surface area contributed by atoms with E-state index in [9.17, 15) is 0 Å². The minimum atomic E-state index is 1.06. The Labute approximate surface area is 82.5 Å². The third-order valence-corrected chi connectivity index (χ3v) is 3.75. The fourth-order valence-electron chi connectivity index (χ4n) is 3.10. The van der Waals surface area contributed by atoms with E-state index in [1.807, 2.05) is 0 Å². The molecule has 2 atom stereocenters. The van der Waals surface area contributed by atoms with Crippen molar-refractivity contribution < 1.29 is 0 Å². The van der Waals surface area contributed by atoms with Gasteiger partial charge in [0.1, 0.15) is 0 Å². The lowest BCUT2D eigenvalue weighted by Crippen LogP contribution is -2.42. The summed E-state index contributed by atoms with van der Waals surface area (Å²) in [5.74, 6) is 2.12. The predicted octanol–water partition coefficient (Wildman–Crippen LogP) is 2.91. The van der Waals surface area contributed by atoms with Crippen LogP contribution in [0.5, 0.6) is 0 Å². The van der Waals surface area contributed by atoms with Crippen LogP contribution in [0.3, 0.4) is 0 Å². The first-order valence-electron chi connectivity index (χ1n) is 6.11. The molecule has 1 saturated carbocycles. The van der Waals surface area contributed by atoms with E-state index >= 15 is 0 Å². The molecular weight excluding hydrogens is 158 g/mol. The first kappa shape index (κ1) is 9.51. The number of rotatable bonds is 3.